The molecule has 3 unspecified atom stereocenters. The van der Waals surface area contributed by atoms with Gasteiger partial charge in [0.25, 0.3) is 0 Å². The summed E-state index contributed by atoms with van der Waals surface area (Å²) >= 11 is 0. The van der Waals surface area contributed by atoms with Crippen LogP contribution in [-0.2, 0) is 0 Å². The smallest absolute Gasteiger partial charge is 0.0413 e. The molecule has 1 fully saturated rings. The van der Waals surface area contributed by atoms with Crippen LogP contribution in [0.2, 0.25) is 0 Å². The zero-order valence-corrected chi connectivity index (χ0v) is 12.0. The van der Waals surface area contributed by atoms with Crippen molar-refractivity contribution in [2.45, 2.75) is 51.1 Å². The van der Waals surface area contributed by atoms with Crippen molar-refractivity contribution < 1.29 is 0 Å². The highest BCUT2D eigenvalue weighted by Crippen LogP contribution is 2.33. The van der Waals surface area contributed by atoms with Crippen molar-refractivity contribution in [3.05, 3.63) is 48.1 Å². The highest BCUT2D eigenvalue weighted by atomic mass is 15.2. The van der Waals surface area contributed by atoms with E-state index in [0.717, 1.165) is 6.04 Å². The molecule has 102 valence electrons. The fourth-order valence-electron chi connectivity index (χ4n) is 3.74. The third-order valence-corrected chi connectivity index (χ3v) is 4.75. The molecular weight excluding hydrogens is 230 g/mol. The molecule has 0 spiro atoms. The lowest BCUT2D eigenvalue weighted by Crippen LogP contribution is -2.43. The van der Waals surface area contributed by atoms with Crippen molar-refractivity contribution in [3.63, 3.8) is 0 Å². The van der Waals surface area contributed by atoms with Crippen LogP contribution in [-0.4, -0.2) is 23.5 Å². The number of hydrogen-bond acceptors (Lipinski definition) is 1. The monoisotopic (exact) mass is 255 g/mol. The Kier molecular flexibility index (Phi) is 4.03. The Morgan fingerprint density at radius 3 is 2.79 bits per heavy atom. The first-order chi connectivity index (χ1) is 9.36. The Hall–Kier alpha value is -1.08. The molecule has 2 aliphatic carbocycles. The first-order valence-electron chi connectivity index (χ1n) is 7.82. The van der Waals surface area contributed by atoms with Crippen LogP contribution in [0.25, 0.3) is 0 Å². The summed E-state index contributed by atoms with van der Waals surface area (Å²) in [6.45, 7) is 3.67. The summed E-state index contributed by atoms with van der Waals surface area (Å²) in [6.07, 6.45) is 22.7. The molecule has 1 saturated heterocycles. The Morgan fingerprint density at radius 2 is 2.16 bits per heavy atom. The van der Waals surface area contributed by atoms with E-state index in [1.165, 1.54) is 38.6 Å². The van der Waals surface area contributed by atoms with Crippen LogP contribution in [0.4, 0.5) is 0 Å². The Morgan fingerprint density at radius 1 is 1.21 bits per heavy atom. The van der Waals surface area contributed by atoms with Gasteiger partial charge >= 0.3 is 0 Å². The second kappa shape index (κ2) is 5.92. The number of rotatable bonds is 3. The molecule has 0 amide bonds. The van der Waals surface area contributed by atoms with E-state index >= 15 is 0 Å². The van der Waals surface area contributed by atoms with Crippen LogP contribution < -0.4 is 0 Å². The van der Waals surface area contributed by atoms with Gasteiger partial charge in [0.1, 0.15) is 0 Å². The van der Waals surface area contributed by atoms with Crippen LogP contribution in [0.5, 0.6) is 0 Å². The summed E-state index contributed by atoms with van der Waals surface area (Å²) in [5.74, 6) is 0.652. The van der Waals surface area contributed by atoms with Gasteiger partial charge in [-0.3, -0.25) is 4.90 Å². The van der Waals surface area contributed by atoms with Crippen LogP contribution in [0.1, 0.15) is 39.0 Å². The van der Waals surface area contributed by atoms with Gasteiger partial charge in [0.05, 0.1) is 0 Å². The summed E-state index contributed by atoms with van der Waals surface area (Å²) in [5.41, 5.74) is 1.56. The summed E-state index contributed by atoms with van der Waals surface area (Å²) in [5, 5.41) is 0. The minimum atomic E-state index is 0.593. The largest absolute Gasteiger partial charge is 0.293 e. The van der Waals surface area contributed by atoms with E-state index in [4.69, 9.17) is 0 Å². The molecule has 0 saturated carbocycles. The van der Waals surface area contributed by atoms with E-state index in [9.17, 15) is 0 Å². The zero-order chi connectivity index (χ0) is 13.1. The van der Waals surface area contributed by atoms with Gasteiger partial charge in [-0.1, -0.05) is 42.5 Å². The third-order valence-electron chi connectivity index (χ3n) is 4.75. The first-order valence-corrected chi connectivity index (χ1v) is 7.82. The van der Waals surface area contributed by atoms with Crippen LogP contribution in [0.3, 0.4) is 0 Å². The fourth-order valence-corrected chi connectivity index (χ4v) is 3.74. The molecule has 0 aromatic heterocycles. The summed E-state index contributed by atoms with van der Waals surface area (Å²) in [7, 11) is 0. The molecule has 1 nitrogen and oxygen atoms in total. The van der Waals surface area contributed by atoms with Gasteiger partial charge < -0.3 is 0 Å². The lowest BCUT2D eigenvalue weighted by atomic mass is 9.84. The van der Waals surface area contributed by atoms with E-state index < -0.39 is 0 Å². The Labute approximate surface area is 117 Å². The van der Waals surface area contributed by atoms with Crippen molar-refractivity contribution in [2.75, 3.05) is 6.54 Å². The van der Waals surface area contributed by atoms with Crippen molar-refractivity contribution in [3.8, 4) is 0 Å². The molecule has 0 radical (unpaired) electrons. The quantitative estimate of drug-likeness (QED) is 0.729. The van der Waals surface area contributed by atoms with Crippen LogP contribution >= 0.6 is 0 Å². The summed E-state index contributed by atoms with van der Waals surface area (Å²) in [4.78, 5) is 2.75. The number of allylic oxidation sites excluding steroid dienone is 5. The predicted molar refractivity (Wildman–Crippen MR) is 82.0 cm³/mol. The molecular formula is C18H25N. The molecule has 1 heterocycles. The molecule has 1 heteroatoms. The molecule has 0 bridgehead atoms. The maximum atomic E-state index is 2.75. The van der Waals surface area contributed by atoms with Gasteiger partial charge in [-0.05, 0) is 51.1 Å². The Balaban J connectivity index is 1.86. The van der Waals surface area contributed by atoms with E-state index in [1.54, 1.807) is 5.57 Å². The molecule has 3 atom stereocenters. The topological polar surface area (TPSA) is 3.24 Å². The minimum Gasteiger partial charge on any atom is -0.293 e. The molecule has 3 rings (SSSR count). The highest BCUT2D eigenvalue weighted by molar-refractivity contribution is 5.31. The van der Waals surface area contributed by atoms with E-state index in [-0.39, 0.29) is 0 Å². The van der Waals surface area contributed by atoms with E-state index in [0.29, 0.717) is 12.0 Å². The summed E-state index contributed by atoms with van der Waals surface area (Å²) in [6, 6.07) is 1.33. The maximum Gasteiger partial charge on any atom is 0.0413 e. The number of hydrogen-bond donors (Lipinski definition) is 0. The van der Waals surface area contributed by atoms with Crippen molar-refractivity contribution in [1.29, 1.82) is 0 Å². The maximum absolute atomic E-state index is 2.75. The molecule has 3 aliphatic rings. The molecule has 0 aromatic rings. The average Bonchev–Trinajstić information content (AvgIpc) is 2.88. The molecule has 0 N–H and O–H groups in total. The zero-order valence-electron chi connectivity index (χ0n) is 12.0. The highest BCUT2D eigenvalue weighted by Gasteiger charge is 2.33. The normalized spacial score (nSPS) is 32.6. The van der Waals surface area contributed by atoms with Gasteiger partial charge in [-0.15, -0.1) is 0 Å². The van der Waals surface area contributed by atoms with Gasteiger partial charge in [0, 0.05) is 18.0 Å². The van der Waals surface area contributed by atoms with Crippen molar-refractivity contribution in [1.82, 2.24) is 4.90 Å². The van der Waals surface area contributed by atoms with E-state index in [1.807, 2.05) is 0 Å². The summed E-state index contributed by atoms with van der Waals surface area (Å²) < 4.78 is 0. The van der Waals surface area contributed by atoms with Crippen molar-refractivity contribution in [2.24, 2.45) is 5.92 Å². The van der Waals surface area contributed by atoms with Gasteiger partial charge in [-0.2, -0.15) is 0 Å². The molecule has 19 heavy (non-hydrogen) atoms. The predicted octanol–water partition coefficient (Wildman–Crippen LogP) is 4.25. The van der Waals surface area contributed by atoms with Gasteiger partial charge in [0.2, 0.25) is 0 Å². The molecule has 1 aliphatic heterocycles. The Bertz CT molecular complexity index is 427. The third kappa shape index (κ3) is 2.76. The second-order valence-corrected chi connectivity index (χ2v) is 6.07. The lowest BCUT2D eigenvalue weighted by Gasteiger charge is -2.38. The minimum absolute atomic E-state index is 0.593. The van der Waals surface area contributed by atoms with E-state index in [2.05, 4.69) is 54.4 Å². The first kappa shape index (κ1) is 12.9. The SMILES string of the molecule is CC1CCCN1C(C1=CCCC=C1)C1C=CC=CC1. The standard InChI is InChI=1S/C18H25N/c1-15-9-8-14-19(15)18(16-10-4-2-5-11-16)17-12-6-3-7-13-17/h2,4-6,10,12-13,15-16,18H,3,7-9,11,14H2,1H3. The van der Waals surface area contributed by atoms with Crippen molar-refractivity contribution >= 4 is 0 Å². The number of nitrogens with zero attached hydrogens (tertiary/aromatic N) is 1. The van der Waals surface area contributed by atoms with Crippen LogP contribution in [0, 0.1) is 5.92 Å². The van der Waals surface area contributed by atoms with Crippen LogP contribution in [0.15, 0.2) is 48.1 Å². The van der Waals surface area contributed by atoms with Gasteiger partial charge in [0.15, 0.2) is 0 Å². The average molecular weight is 255 g/mol. The van der Waals surface area contributed by atoms with Gasteiger partial charge in [-0.25, -0.2) is 0 Å². The number of likely N-dealkylation sites (tertiary alicyclic amines) is 1. The molecule has 0 aromatic carbocycles. The fraction of sp³-hybridized carbons (Fsp3) is 0.556. The lowest BCUT2D eigenvalue weighted by molar-refractivity contribution is 0.181. The second-order valence-electron chi connectivity index (χ2n) is 6.07.